The second kappa shape index (κ2) is 14.2. The van der Waals surface area contributed by atoms with Crippen LogP contribution in [0.1, 0.15) is 76.3 Å². The van der Waals surface area contributed by atoms with Gasteiger partial charge in [-0.3, -0.25) is 19.3 Å². The fourth-order valence-electron chi connectivity index (χ4n) is 6.89. The van der Waals surface area contributed by atoms with Gasteiger partial charge in [-0.15, -0.1) is 0 Å². The molecular weight excluding hydrogens is 532 g/mol. The minimum atomic E-state index is -0.837. The molecule has 2 saturated heterocycles. The number of hydrogen-bond acceptors (Lipinski definition) is 6. The van der Waals surface area contributed by atoms with Crippen molar-refractivity contribution in [3.8, 4) is 5.75 Å². The van der Waals surface area contributed by atoms with Gasteiger partial charge in [0, 0.05) is 56.5 Å². The van der Waals surface area contributed by atoms with E-state index in [4.69, 9.17) is 4.74 Å². The number of hydrogen-bond donors (Lipinski definition) is 1. The molecule has 9 heteroatoms. The number of aliphatic carboxylic acids is 1. The highest BCUT2D eigenvalue weighted by molar-refractivity contribution is 5.84. The highest BCUT2D eigenvalue weighted by atomic mass is 16.5. The van der Waals surface area contributed by atoms with E-state index in [2.05, 4.69) is 36.9 Å². The van der Waals surface area contributed by atoms with Crippen LogP contribution < -0.4 is 4.74 Å². The predicted octanol–water partition coefficient (Wildman–Crippen LogP) is 3.71. The number of carbonyl (C=O) groups is 3. The first kappa shape index (κ1) is 32.3. The minimum Gasteiger partial charge on any atom is -0.493 e. The van der Waals surface area contributed by atoms with Crippen molar-refractivity contribution in [1.29, 1.82) is 0 Å². The largest absolute Gasteiger partial charge is 0.493 e. The summed E-state index contributed by atoms with van der Waals surface area (Å²) in [6.45, 7) is 11.1. The quantitative estimate of drug-likeness (QED) is 0.314. The summed E-state index contributed by atoms with van der Waals surface area (Å²) >= 11 is 0. The third-order valence-corrected chi connectivity index (χ3v) is 9.50. The smallest absolute Gasteiger partial charge is 0.308 e. The summed E-state index contributed by atoms with van der Waals surface area (Å²) in [5.41, 5.74) is 1.74. The van der Waals surface area contributed by atoms with Crippen molar-refractivity contribution in [3.05, 3.63) is 29.3 Å². The van der Waals surface area contributed by atoms with Crippen LogP contribution >= 0.6 is 0 Å². The number of carbonyl (C=O) groups excluding carboxylic acids is 2. The summed E-state index contributed by atoms with van der Waals surface area (Å²) in [7, 11) is 4.13. The Kier molecular flexibility index (Phi) is 10.9. The SMILES string of the molecule is CCCCN(CCCCN(C)C)C(=O)CN1C[C@H](c2ccc3c(c2)CCO3)[C@@H](C(=O)O)[C@@H]1CCN1CCC(C)(C)C1=O. The van der Waals surface area contributed by atoms with Gasteiger partial charge in [-0.05, 0) is 69.9 Å². The summed E-state index contributed by atoms with van der Waals surface area (Å²) in [6, 6.07) is 5.73. The van der Waals surface area contributed by atoms with Crippen molar-refractivity contribution < 1.29 is 24.2 Å². The van der Waals surface area contributed by atoms with Gasteiger partial charge >= 0.3 is 5.97 Å². The lowest BCUT2D eigenvalue weighted by Crippen LogP contribution is -2.46. The second-order valence-electron chi connectivity index (χ2n) is 13.4. The maximum Gasteiger partial charge on any atom is 0.308 e. The van der Waals surface area contributed by atoms with E-state index < -0.39 is 11.9 Å². The topological polar surface area (TPSA) is 93.6 Å². The van der Waals surface area contributed by atoms with Crippen LogP contribution in [0, 0.1) is 11.3 Å². The van der Waals surface area contributed by atoms with Gasteiger partial charge in [-0.1, -0.05) is 39.3 Å². The number of carboxylic acid groups (broad SMARTS) is 1. The van der Waals surface area contributed by atoms with Gasteiger partial charge < -0.3 is 24.5 Å². The average molecular weight is 585 g/mol. The Morgan fingerprint density at radius 1 is 1.12 bits per heavy atom. The molecule has 0 bridgehead atoms. The van der Waals surface area contributed by atoms with Crippen molar-refractivity contribution in [1.82, 2.24) is 19.6 Å². The summed E-state index contributed by atoms with van der Waals surface area (Å²) in [4.78, 5) is 47.8. The van der Waals surface area contributed by atoms with Crippen molar-refractivity contribution in [2.45, 2.75) is 77.7 Å². The highest BCUT2D eigenvalue weighted by Gasteiger charge is 2.48. The molecule has 4 rings (SSSR count). The molecular formula is C33H52N4O5. The molecule has 3 atom stereocenters. The zero-order valence-corrected chi connectivity index (χ0v) is 26.4. The fraction of sp³-hybridized carbons (Fsp3) is 0.727. The molecule has 0 radical (unpaired) electrons. The van der Waals surface area contributed by atoms with Crippen LogP contribution in [-0.2, 0) is 20.8 Å². The minimum absolute atomic E-state index is 0.0730. The first-order chi connectivity index (χ1) is 20.0. The monoisotopic (exact) mass is 584 g/mol. The third kappa shape index (κ3) is 7.64. The molecule has 3 aliphatic rings. The van der Waals surface area contributed by atoms with Crippen LogP contribution in [0.25, 0.3) is 0 Å². The molecule has 0 aromatic heterocycles. The van der Waals surface area contributed by atoms with E-state index in [1.54, 1.807) is 0 Å². The first-order valence-electron chi connectivity index (χ1n) is 16.0. The lowest BCUT2D eigenvalue weighted by molar-refractivity contribution is -0.144. The van der Waals surface area contributed by atoms with E-state index in [1.807, 2.05) is 35.8 Å². The Hall–Kier alpha value is -2.65. The van der Waals surface area contributed by atoms with Crippen molar-refractivity contribution in [3.63, 3.8) is 0 Å². The van der Waals surface area contributed by atoms with Crippen LogP contribution in [0.2, 0.25) is 0 Å². The zero-order chi connectivity index (χ0) is 30.4. The maximum atomic E-state index is 13.8. The number of ether oxygens (including phenoxy) is 1. The predicted molar refractivity (Wildman–Crippen MR) is 164 cm³/mol. The number of rotatable bonds is 15. The number of amides is 2. The maximum absolute atomic E-state index is 13.8. The summed E-state index contributed by atoms with van der Waals surface area (Å²) in [5.74, 6) is -0.647. The molecule has 3 heterocycles. The van der Waals surface area contributed by atoms with Gasteiger partial charge in [-0.2, -0.15) is 0 Å². The summed E-state index contributed by atoms with van der Waals surface area (Å²) in [6.07, 6.45) is 6.11. The van der Waals surface area contributed by atoms with Crippen LogP contribution in [0.15, 0.2) is 18.2 Å². The molecule has 0 saturated carbocycles. The molecule has 1 aromatic carbocycles. The Morgan fingerprint density at radius 2 is 1.86 bits per heavy atom. The van der Waals surface area contributed by atoms with Crippen molar-refractivity contribution in [2.24, 2.45) is 11.3 Å². The lowest BCUT2D eigenvalue weighted by Gasteiger charge is -2.31. The van der Waals surface area contributed by atoms with Crippen molar-refractivity contribution in [2.75, 3.05) is 66.5 Å². The van der Waals surface area contributed by atoms with E-state index in [-0.39, 0.29) is 35.7 Å². The van der Waals surface area contributed by atoms with Gasteiger partial charge in [0.1, 0.15) is 5.75 Å². The number of fused-ring (bicyclic) bond motifs is 1. The van der Waals surface area contributed by atoms with E-state index in [9.17, 15) is 19.5 Å². The van der Waals surface area contributed by atoms with E-state index >= 15 is 0 Å². The van der Waals surface area contributed by atoms with Gasteiger partial charge in [0.2, 0.25) is 11.8 Å². The third-order valence-electron chi connectivity index (χ3n) is 9.50. The Morgan fingerprint density at radius 3 is 2.52 bits per heavy atom. The summed E-state index contributed by atoms with van der Waals surface area (Å²) < 4.78 is 5.70. The van der Waals surface area contributed by atoms with Gasteiger partial charge in [0.15, 0.2) is 0 Å². The molecule has 1 N–H and O–H groups in total. The van der Waals surface area contributed by atoms with Crippen molar-refractivity contribution >= 4 is 17.8 Å². The lowest BCUT2D eigenvalue weighted by atomic mass is 9.83. The van der Waals surface area contributed by atoms with E-state index in [0.717, 1.165) is 75.0 Å². The molecule has 3 aliphatic heterocycles. The highest BCUT2D eigenvalue weighted by Crippen LogP contribution is 2.41. The zero-order valence-electron chi connectivity index (χ0n) is 26.4. The number of likely N-dealkylation sites (tertiary alicyclic amines) is 2. The number of nitrogens with zero attached hydrogens (tertiary/aromatic N) is 4. The fourth-order valence-corrected chi connectivity index (χ4v) is 6.89. The molecule has 234 valence electrons. The molecule has 0 spiro atoms. The van der Waals surface area contributed by atoms with Gasteiger partial charge in [0.25, 0.3) is 0 Å². The van der Waals surface area contributed by atoms with E-state index in [1.165, 1.54) is 0 Å². The number of carboxylic acids is 1. The molecule has 0 unspecified atom stereocenters. The van der Waals surface area contributed by atoms with Crippen LogP contribution in [0.5, 0.6) is 5.75 Å². The molecule has 42 heavy (non-hydrogen) atoms. The molecule has 1 aromatic rings. The first-order valence-corrected chi connectivity index (χ1v) is 16.0. The molecule has 0 aliphatic carbocycles. The number of unbranched alkanes of at least 4 members (excludes halogenated alkanes) is 2. The molecule has 9 nitrogen and oxygen atoms in total. The second-order valence-corrected chi connectivity index (χ2v) is 13.4. The normalized spacial score (nSPS) is 23.4. The van der Waals surface area contributed by atoms with Gasteiger partial charge in [-0.25, -0.2) is 0 Å². The van der Waals surface area contributed by atoms with Crippen LogP contribution in [-0.4, -0.2) is 115 Å². The molecule has 2 fully saturated rings. The van der Waals surface area contributed by atoms with Gasteiger partial charge in [0.05, 0.1) is 19.1 Å². The average Bonchev–Trinajstić information content (AvgIpc) is 3.62. The number of benzene rings is 1. The Bertz CT molecular complexity index is 1110. The van der Waals surface area contributed by atoms with Crippen LogP contribution in [0.4, 0.5) is 0 Å². The molecule has 2 amide bonds. The Labute approximate surface area is 252 Å². The standard InChI is InChI=1S/C33H52N4O5/c1-6-7-16-35(17-9-8-15-34(4)5)29(38)23-37-22-26(24-10-11-28-25(21-24)13-20-42-28)30(31(39)40)27(37)12-18-36-19-14-33(2,3)32(36)41/h10-11,21,26-27,30H,6-9,12-20,22-23H2,1-5H3,(H,39,40)/t26-,27+,30-/m1/s1. The van der Waals surface area contributed by atoms with Crippen LogP contribution in [0.3, 0.4) is 0 Å². The Balaban J connectivity index is 1.54. The van der Waals surface area contributed by atoms with E-state index in [0.29, 0.717) is 32.7 Å². The summed E-state index contributed by atoms with van der Waals surface area (Å²) in [5, 5.41) is 10.6.